The third kappa shape index (κ3) is 4.78. The monoisotopic (exact) mass is 395 g/mol. The van der Waals surface area contributed by atoms with Gasteiger partial charge in [-0.05, 0) is 42.2 Å². The topological polar surface area (TPSA) is 63.1 Å². The molecule has 7 heteroatoms. The number of aromatic nitrogens is 3. The van der Waals surface area contributed by atoms with E-state index in [1.54, 1.807) is 17.5 Å². The average Bonchev–Trinajstić information content (AvgIpc) is 3.43. The van der Waals surface area contributed by atoms with Crippen molar-refractivity contribution in [2.75, 3.05) is 13.1 Å². The van der Waals surface area contributed by atoms with Gasteiger partial charge in [0.05, 0.1) is 12.2 Å². The summed E-state index contributed by atoms with van der Waals surface area (Å²) in [5.41, 5.74) is 1.23. The maximum Gasteiger partial charge on any atom is 0.317 e. The molecule has 1 aliphatic heterocycles. The van der Waals surface area contributed by atoms with Gasteiger partial charge in [-0.15, -0.1) is 16.4 Å². The summed E-state index contributed by atoms with van der Waals surface area (Å²) < 4.78 is 1.88. The van der Waals surface area contributed by atoms with Gasteiger partial charge in [0.1, 0.15) is 0 Å². The van der Waals surface area contributed by atoms with Crippen molar-refractivity contribution in [1.82, 2.24) is 25.2 Å². The summed E-state index contributed by atoms with van der Waals surface area (Å²) >= 11 is 1.69. The zero-order valence-electron chi connectivity index (χ0n) is 15.8. The Hall–Kier alpha value is -2.67. The Morgan fingerprint density at radius 1 is 1.18 bits per heavy atom. The molecule has 1 aromatic carbocycles. The highest BCUT2D eigenvalue weighted by atomic mass is 32.1. The number of carbonyl (C=O) groups excluding carboxylic acids is 1. The normalized spacial score (nSPS) is 16.1. The lowest BCUT2D eigenvalue weighted by atomic mass is 9.97. The van der Waals surface area contributed by atoms with Gasteiger partial charge in [0.25, 0.3) is 0 Å². The van der Waals surface area contributed by atoms with Crippen LogP contribution in [0.15, 0.2) is 60.2 Å². The van der Waals surface area contributed by atoms with E-state index in [0.717, 1.165) is 38.9 Å². The van der Waals surface area contributed by atoms with E-state index in [1.165, 1.54) is 10.4 Å². The molecule has 0 saturated carbocycles. The first-order valence-electron chi connectivity index (χ1n) is 9.75. The summed E-state index contributed by atoms with van der Waals surface area (Å²) in [6.45, 7) is 2.45. The molecule has 28 heavy (non-hydrogen) atoms. The van der Waals surface area contributed by atoms with Crippen LogP contribution in [0, 0.1) is 5.92 Å². The Labute approximate surface area is 169 Å². The van der Waals surface area contributed by atoms with E-state index in [2.05, 4.69) is 39.2 Å². The first kappa shape index (κ1) is 18.7. The van der Waals surface area contributed by atoms with Crippen molar-refractivity contribution in [3.05, 3.63) is 70.7 Å². The average molecular weight is 396 g/mol. The second-order valence-corrected chi connectivity index (χ2v) is 8.24. The summed E-state index contributed by atoms with van der Waals surface area (Å²) in [5, 5.41) is 13.2. The maximum atomic E-state index is 12.9. The van der Waals surface area contributed by atoms with E-state index in [0.29, 0.717) is 5.92 Å². The highest BCUT2D eigenvalue weighted by Crippen LogP contribution is 2.24. The van der Waals surface area contributed by atoms with E-state index >= 15 is 0 Å². The van der Waals surface area contributed by atoms with Crippen LogP contribution in [0.25, 0.3) is 0 Å². The third-order valence-corrected chi connectivity index (χ3v) is 6.27. The molecule has 4 rings (SSSR count). The number of nitrogens with one attached hydrogen (secondary N) is 1. The number of likely N-dealkylation sites (tertiary alicyclic amines) is 1. The number of hydrogen-bond acceptors (Lipinski definition) is 4. The smallest absolute Gasteiger partial charge is 0.317 e. The van der Waals surface area contributed by atoms with Crippen molar-refractivity contribution in [2.24, 2.45) is 5.92 Å². The van der Waals surface area contributed by atoms with Crippen molar-refractivity contribution in [1.29, 1.82) is 0 Å². The largest absolute Gasteiger partial charge is 0.330 e. The van der Waals surface area contributed by atoms with Crippen LogP contribution in [0.5, 0.6) is 0 Å². The standard InChI is InChI=1S/C21H25N5OS/c27-21(25-11-8-18(9-12-25)16-26-13-10-22-24-26)23-19(20-7-4-14-28-20)15-17-5-2-1-3-6-17/h1-7,10,13-14,18-19H,8-9,11-12,15-16H2,(H,23,27). The van der Waals surface area contributed by atoms with Crippen LogP contribution in [0.3, 0.4) is 0 Å². The lowest BCUT2D eigenvalue weighted by Crippen LogP contribution is -2.46. The Kier molecular flexibility index (Phi) is 6.01. The molecule has 1 aliphatic rings. The number of hydrogen-bond donors (Lipinski definition) is 1. The molecule has 0 radical (unpaired) electrons. The van der Waals surface area contributed by atoms with Crippen LogP contribution in [-0.4, -0.2) is 39.0 Å². The number of benzene rings is 1. The van der Waals surface area contributed by atoms with Gasteiger partial charge < -0.3 is 10.2 Å². The fraction of sp³-hybridized carbons (Fsp3) is 0.381. The van der Waals surface area contributed by atoms with Crippen LogP contribution in [-0.2, 0) is 13.0 Å². The lowest BCUT2D eigenvalue weighted by molar-refractivity contribution is 0.161. The number of thiophene rings is 1. The SMILES string of the molecule is O=C(NC(Cc1ccccc1)c1cccs1)N1CCC(Cn2ccnn2)CC1. The minimum atomic E-state index is 0.00257. The fourth-order valence-electron chi connectivity index (χ4n) is 3.72. The van der Waals surface area contributed by atoms with Crippen LogP contribution in [0.2, 0.25) is 0 Å². The molecule has 1 atom stereocenters. The summed E-state index contributed by atoms with van der Waals surface area (Å²) in [7, 11) is 0. The van der Waals surface area contributed by atoms with Crippen molar-refractivity contribution in [3.63, 3.8) is 0 Å². The molecule has 3 aromatic rings. The molecular weight excluding hydrogens is 370 g/mol. The first-order chi connectivity index (χ1) is 13.8. The van der Waals surface area contributed by atoms with Crippen LogP contribution in [0.4, 0.5) is 4.79 Å². The number of carbonyl (C=O) groups is 1. The molecule has 1 saturated heterocycles. The number of amides is 2. The van der Waals surface area contributed by atoms with Gasteiger partial charge in [0, 0.05) is 30.7 Å². The quantitative estimate of drug-likeness (QED) is 0.691. The minimum Gasteiger partial charge on any atom is -0.330 e. The predicted molar refractivity (Wildman–Crippen MR) is 110 cm³/mol. The van der Waals surface area contributed by atoms with Crippen LogP contribution in [0.1, 0.15) is 29.3 Å². The predicted octanol–water partition coefficient (Wildman–Crippen LogP) is 3.75. The van der Waals surface area contributed by atoms with E-state index in [-0.39, 0.29) is 12.1 Å². The second kappa shape index (κ2) is 9.01. The highest BCUT2D eigenvalue weighted by molar-refractivity contribution is 7.10. The molecule has 0 spiro atoms. The van der Waals surface area contributed by atoms with Gasteiger partial charge in [0.2, 0.25) is 0 Å². The molecule has 3 heterocycles. The first-order valence-corrected chi connectivity index (χ1v) is 10.6. The minimum absolute atomic E-state index is 0.00257. The third-order valence-electron chi connectivity index (χ3n) is 5.29. The summed E-state index contributed by atoms with van der Waals surface area (Å²) in [6, 6.07) is 14.5. The highest BCUT2D eigenvalue weighted by Gasteiger charge is 2.25. The number of urea groups is 1. The number of piperidine rings is 1. The summed E-state index contributed by atoms with van der Waals surface area (Å²) in [6.07, 6.45) is 6.40. The van der Waals surface area contributed by atoms with Crippen molar-refractivity contribution in [2.45, 2.75) is 31.8 Å². The number of nitrogens with zero attached hydrogens (tertiary/aromatic N) is 4. The zero-order chi connectivity index (χ0) is 19.2. The zero-order valence-corrected chi connectivity index (χ0v) is 16.6. The molecule has 0 bridgehead atoms. The molecule has 2 amide bonds. The van der Waals surface area contributed by atoms with Crippen LogP contribution >= 0.6 is 11.3 Å². The van der Waals surface area contributed by atoms with E-state index < -0.39 is 0 Å². The van der Waals surface area contributed by atoms with E-state index in [4.69, 9.17) is 0 Å². The Morgan fingerprint density at radius 2 is 2.00 bits per heavy atom. The van der Waals surface area contributed by atoms with Gasteiger partial charge in [-0.3, -0.25) is 4.68 Å². The van der Waals surface area contributed by atoms with Gasteiger partial charge in [-0.1, -0.05) is 41.6 Å². The molecule has 146 valence electrons. The summed E-state index contributed by atoms with van der Waals surface area (Å²) in [4.78, 5) is 16.1. The maximum absolute atomic E-state index is 12.9. The van der Waals surface area contributed by atoms with Gasteiger partial charge >= 0.3 is 6.03 Å². The van der Waals surface area contributed by atoms with Crippen LogP contribution < -0.4 is 5.32 Å². The Balaban J connectivity index is 1.34. The Bertz CT molecular complexity index is 842. The van der Waals surface area contributed by atoms with Crippen molar-refractivity contribution >= 4 is 17.4 Å². The van der Waals surface area contributed by atoms with Gasteiger partial charge in [-0.2, -0.15) is 0 Å². The molecule has 2 aromatic heterocycles. The van der Waals surface area contributed by atoms with Crippen molar-refractivity contribution < 1.29 is 4.79 Å². The second-order valence-electron chi connectivity index (χ2n) is 7.26. The molecule has 1 N–H and O–H groups in total. The van der Waals surface area contributed by atoms with E-state index in [9.17, 15) is 4.79 Å². The molecule has 1 unspecified atom stereocenters. The molecular formula is C21H25N5OS. The number of rotatable bonds is 6. The van der Waals surface area contributed by atoms with Crippen molar-refractivity contribution in [3.8, 4) is 0 Å². The lowest BCUT2D eigenvalue weighted by Gasteiger charge is -2.33. The molecule has 6 nitrogen and oxygen atoms in total. The van der Waals surface area contributed by atoms with E-state index in [1.807, 2.05) is 40.0 Å². The van der Waals surface area contributed by atoms with Gasteiger partial charge in [0.15, 0.2) is 0 Å². The Morgan fingerprint density at radius 3 is 2.68 bits per heavy atom. The summed E-state index contributed by atoms with van der Waals surface area (Å²) in [5.74, 6) is 0.545. The molecule has 0 aliphatic carbocycles. The fourth-order valence-corrected chi connectivity index (χ4v) is 4.49. The van der Waals surface area contributed by atoms with Gasteiger partial charge in [-0.25, -0.2) is 4.79 Å². The molecule has 1 fully saturated rings.